The number of aryl methyl sites for hydroxylation is 1. The van der Waals surface area contributed by atoms with Crippen LogP contribution in [0.5, 0.6) is 0 Å². The van der Waals surface area contributed by atoms with Crippen LogP contribution < -0.4 is 5.32 Å². The molecule has 128 valence electrons. The summed E-state index contributed by atoms with van der Waals surface area (Å²) in [4.78, 5) is 0. The van der Waals surface area contributed by atoms with Gasteiger partial charge < -0.3 is 10.1 Å². The highest BCUT2D eigenvalue weighted by Crippen LogP contribution is 2.32. The average molecular weight is 354 g/mol. The molecule has 2 aromatic carbocycles. The van der Waals surface area contributed by atoms with Crippen LogP contribution in [0.3, 0.4) is 0 Å². The number of fused-ring (bicyclic) bond motifs is 1. The minimum Gasteiger partial charge on any atom is -0.376 e. The maximum atomic E-state index is 6.09. The second kappa shape index (κ2) is 6.98. The van der Waals surface area contributed by atoms with Gasteiger partial charge in [-0.05, 0) is 37.5 Å². The maximum Gasteiger partial charge on any atom is 0.156 e. The van der Waals surface area contributed by atoms with E-state index in [2.05, 4.69) is 27.6 Å². The van der Waals surface area contributed by atoms with Crippen LogP contribution in [-0.2, 0) is 4.74 Å². The molecule has 0 amide bonds. The zero-order valence-corrected chi connectivity index (χ0v) is 14.9. The number of hydrogen-bond acceptors (Lipinski definition) is 4. The smallest absolute Gasteiger partial charge is 0.156 e. The van der Waals surface area contributed by atoms with Crippen LogP contribution in [0, 0.1) is 6.92 Å². The number of benzene rings is 2. The van der Waals surface area contributed by atoms with E-state index in [1.165, 1.54) is 0 Å². The number of halogens is 1. The van der Waals surface area contributed by atoms with Crippen molar-refractivity contribution in [2.24, 2.45) is 0 Å². The van der Waals surface area contributed by atoms with Gasteiger partial charge in [-0.15, -0.1) is 10.2 Å². The highest BCUT2D eigenvalue weighted by molar-refractivity contribution is 6.30. The number of ether oxygens (including phenoxy) is 1. The molecule has 1 aliphatic rings. The Balaban J connectivity index is 1.73. The number of nitrogens with zero attached hydrogens (tertiary/aromatic N) is 2. The Kier molecular flexibility index (Phi) is 4.55. The second-order valence-electron chi connectivity index (χ2n) is 6.42. The molecule has 4 rings (SSSR count). The van der Waals surface area contributed by atoms with Crippen molar-refractivity contribution in [3.05, 3.63) is 53.1 Å². The van der Waals surface area contributed by atoms with E-state index < -0.39 is 0 Å². The summed E-state index contributed by atoms with van der Waals surface area (Å²) in [6, 6.07) is 14.1. The Bertz CT molecular complexity index is 907. The fourth-order valence-corrected chi connectivity index (χ4v) is 3.57. The van der Waals surface area contributed by atoms with Crippen LogP contribution in [0.2, 0.25) is 5.02 Å². The summed E-state index contributed by atoms with van der Waals surface area (Å²) in [6.45, 7) is 3.66. The van der Waals surface area contributed by atoms with Crippen LogP contribution in [0.4, 0.5) is 5.82 Å². The van der Waals surface area contributed by atoms with Crippen molar-refractivity contribution in [1.29, 1.82) is 0 Å². The number of aromatic nitrogens is 2. The molecule has 0 radical (unpaired) electrons. The fourth-order valence-electron chi connectivity index (χ4n) is 3.34. The van der Waals surface area contributed by atoms with Crippen LogP contribution in [0.25, 0.3) is 22.0 Å². The molecule has 0 bridgehead atoms. The van der Waals surface area contributed by atoms with E-state index in [4.69, 9.17) is 16.3 Å². The Morgan fingerprint density at radius 1 is 1.16 bits per heavy atom. The Hall–Kier alpha value is -2.17. The van der Waals surface area contributed by atoms with Gasteiger partial charge in [0, 0.05) is 34.5 Å². The van der Waals surface area contributed by atoms with Crippen molar-refractivity contribution >= 4 is 28.2 Å². The summed E-state index contributed by atoms with van der Waals surface area (Å²) in [7, 11) is 0. The normalized spacial score (nSPS) is 17.1. The molecule has 3 aromatic rings. The lowest BCUT2D eigenvalue weighted by Crippen LogP contribution is -2.19. The van der Waals surface area contributed by atoms with Gasteiger partial charge in [-0.1, -0.05) is 41.9 Å². The topological polar surface area (TPSA) is 47.0 Å². The maximum absolute atomic E-state index is 6.09. The first-order valence-corrected chi connectivity index (χ1v) is 8.97. The molecule has 0 aliphatic carbocycles. The third kappa shape index (κ3) is 3.32. The SMILES string of the molecule is Cc1cc(Cl)ccc1-c1nnc(NCC2CCCO2)c2ccccc12. The summed E-state index contributed by atoms with van der Waals surface area (Å²) in [5.41, 5.74) is 3.03. The lowest BCUT2D eigenvalue weighted by Gasteiger charge is -2.14. The minimum atomic E-state index is 0.263. The molecule has 1 aliphatic heterocycles. The van der Waals surface area contributed by atoms with E-state index >= 15 is 0 Å². The standard InChI is InChI=1S/C20H20ClN3O/c1-13-11-14(21)8-9-16(13)19-17-6-2-3-7-18(17)20(24-23-19)22-12-15-5-4-10-25-15/h2-3,6-9,11,15H,4-5,10,12H2,1H3,(H,22,24). The Morgan fingerprint density at radius 3 is 2.76 bits per heavy atom. The van der Waals surface area contributed by atoms with Gasteiger partial charge in [0.2, 0.25) is 0 Å². The van der Waals surface area contributed by atoms with E-state index in [0.29, 0.717) is 0 Å². The summed E-state index contributed by atoms with van der Waals surface area (Å²) in [5.74, 6) is 0.807. The summed E-state index contributed by atoms with van der Waals surface area (Å²) < 4.78 is 5.68. The Morgan fingerprint density at radius 2 is 2.00 bits per heavy atom. The molecule has 1 aromatic heterocycles. The van der Waals surface area contributed by atoms with Crippen molar-refractivity contribution in [3.63, 3.8) is 0 Å². The molecule has 0 spiro atoms. The molecular formula is C20H20ClN3O. The summed E-state index contributed by atoms with van der Waals surface area (Å²) in [5, 5.41) is 15.3. The largest absolute Gasteiger partial charge is 0.376 e. The predicted octanol–water partition coefficient (Wildman–Crippen LogP) is 4.85. The Labute approximate surface area is 152 Å². The van der Waals surface area contributed by atoms with Gasteiger partial charge in [0.25, 0.3) is 0 Å². The second-order valence-corrected chi connectivity index (χ2v) is 6.85. The number of anilines is 1. The van der Waals surface area contributed by atoms with Crippen molar-refractivity contribution in [3.8, 4) is 11.3 Å². The van der Waals surface area contributed by atoms with E-state index in [0.717, 1.165) is 64.4 Å². The highest BCUT2D eigenvalue weighted by Gasteiger charge is 2.17. The van der Waals surface area contributed by atoms with E-state index in [9.17, 15) is 0 Å². The van der Waals surface area contributed by atoms with Crippen molar-refractivity contribution < 1.29 is 4.74 Å². The molecule has 2 heterocycles. The molecule has 0 saturated carbocycles. The van der Waals surface area contributed by atoms with Crippen LogP contribution in [-0.4, -0.2) is 29.5 Å². The monoisotopic (exact) mass is 353 g/mol. The minimum absolute atomic E-state index is 0.263. The van der Waals surface area contributed by atoms with E-state index in [-0.39, 0.29) is 6.10 Å². The van der Waals surface area contributed by atoms with Gasteiger partial charge in [0.05, 0.1) is 6.10 Å². The number of rotatable bonds is 4. The van der Waals surface area contributed by atoms with Gasteiger partial charge in [-0.25, -0.2) is 0 Å². The van der Waals surface area contributed by atoms with Crippen molar-refractivity contribution in [2.45, 2.75) is 25.9 Å². The van der Waals surface area contributed by atoms with Crippen molar-refractivity contribution in [2.75, 3.05) is 18.5 Å². The molecular weight excluding hydrogens is 334 g/mol. The third-order valence-electron chi connectivity index (χ3n) is 4.65. The molecule has 1 saturated heterocycles. The quantitative estimate of drug-likeness (QED) is 0.728. The van der Waals surface area contributed by atoms with Gasteiger partial charge >= 0.3 is 0 Å². The van der Waals surface area contributed by atoms with Gasteiger partial charge in [-0.2, -0.15) is 0 Å². The zero-order chi connectivity index (χ0) is 17.2. The summed E-state index contributed by atoms with van der Waals surface area (Å²) in [6.07, 6.45) is 2.49. The molecule has 4 nitrogen and oxygen atoms in total. The van der Waals surface area contributed by atoms with Gasteiger partial charge in [0.15, 0.2) is 5.82 Å². The molecule has 1 fully saturated rings. The van der Waals surface area contributed by atoms with Gasteiger partial charge in [-0.3, -0.25) is 0 Å². The van der Waals surface area contributed by atoms with E-state index in [1.807, 2.05) is 37.3 Å². The molecule has 1 unspecified atom stereocenters. The first-order chi connectivity index (χ1) is 12.2. The molecule has 25 heavy (non-hydrogen) atoms. The fraction of sp³-hybridized carbons (Fsp3) is 0.300. The molecule has 5 heteroatoms. The zero-order valence-electron chi connectivity index (χ0n) is 14.1. The predicted molar refractivity (Wildman–Crippen MR) is 102 cm³/mol. The average Bonchev–Trinajstić information content (AvgIpc) is 3.14. The number of hydrogen-bond donors (Lipinski definition) is 1. The van der Waals surface area contributed by atoms with Crippen LogP contribution in [0.1, 0.15) is 18.4 Å². The molecule has 1 atom stereocenters. The van der Waals surface area contributed by atoms with Crippen molar-refractivity contribution in [1.82, 2.24) is 10.2 Å². The first kappa shape index (κ1) is 16.3. The third-order valence-corrected chi connectivity index (χ3v) is 4.89. The molecule has 1 N–H and O–H groups in total. The number of nitrogens with one attached hydrogen (secondary N) is 1. The lowest BCUT2D eigenvalue weighted by molar-refractivity contribution is 0.120. The van der Waals surface area contributed by atoms with Gasteiger partial charge in [0.1, 0.15) is 5.69 Å². The summed E-state index contributed by atoms with van der Waals surface area (Å²) >= 11 is 6.09. The highest BCUT2D eigenvalue weighted by atomic mass is 35.5. The van der Waals surface area contributed by atoms with Crippen LogP contribution >= 0.6 is 11.6 Å². The lowest BCUT2D eigenvalue weighted by atomic mass is 10.0. The van der Waals surface area contributed by atoms with Crippen LogP contribution in [0.15, 0.2) is 42.5 Å². The van der Waals surface area contributed by atoms with E-state index in [1.54, 1.807) is 0 Å². The first-order valence-electron chi connectivity index (χ1n) is 8.60.